The van der Waals surface area contributed by atoms with Crippen LogP contribution in [0.25, 0.3) is 0 Å². The zero-order chi connectivity index (χ0) is 19.6. The number of furan rings is 1. The van der Waals surface area contributed by atoms with Crippen LogP contribution < -0.4 is 0 Å². The monoisotopic (exact) mass is 378 g/mol. The van der Waals surface area contributed by atoms with E-state index < -0.39 is 0 Å². The highest BCUT2D eigenvalue weighted by Crippen LogP contribution is 2.17. The minimum absolute atomic E-state index is 0.0129. The van der Waals surface area contributed by atoms with Gasteiger partial charge in [-0.3, -0.25) is 9.59 Å². The van der Waals surface area contributed by atoms with Gasteiger partial charge >= 0.3 is 0 Å². The maximum atomic E-state index is 13.1. The summed E-state index contributed by atoms with van der Waals surface area (Å²) in [6.45, 7) is 8.51. The van der Waals surface area contributed by atoms with Gasteiger partial charge in [-0.2, -0.15) is 0 Å². The van der Waals surface area contributed by atoms with Crippen molar-refractivity contribution < 1.29 is 18.7 Å². The van der Waals surface area contributed by atoms with E-state index in [0.717, 1.165) is 44.5 Å². The van der Waals surface area contributed by atoms with Crippen LogP contribution in [0.3, 0.4) is 0 Å². The van der Waals surface area contributed by atoms with Gasteiger partial charge in [-0.25, -0.2) is 0 Å². The van der Waals surface area contributed by atoms with Crippen LogP contribution in [0.4, 0.5) is 0 Å². The largest absolute Gasteiger partial charge is 0.467 e. The molecular weight excluding hydrogens is 344 g/mol. The molecule has 0 radical (unpaired) electrons. The summed E-state index contributed by atoms with van der Waals surface area (Å²) in [7, 11) is 0. The summed E-state index contributed by atoms with van der Waals surface area (Å²) < 4.78 is 11.2. The van der Waals surface area contributed by atoms with Gasteiger partial charge in [-0.05, 0) is 44.2 Å². The lowest BCUT2D eigenvalue weighted by molar-refractivity contribution is -0.144. The molecule has 27 heavy (non-hydrogen) atoms. The topological polar surface area (TPSA) is 63.0 Å². The van der Waals surface area contributed by atoms with E-state index in [0.29, 0.717) is 19.6 Å². The van der Waals surface area contributed by atoms with E-state index in [2.05, 4.69) is 0 Å². The number of carbonyl (C=O) groups excluding carboxylic acids is 2. The molecule has 0 aromatic carbocycles. The fraction of sp³-hybridized carbons (Fsp3) is 0.714. The van der Waals surface area contributed by atoms with Crippen molar-refractivity contribution >= 4 is 11.8 Å². The van der Waals surface area contributed by atoms with Gasteiger partial charge in [0.2, 0.25) is 11.8 Å². The van der Waals surface area contributed by atoms with Crippen LogP contribution in [-0.4, -0.2) is 54.0 Å². The fourth-order valence-corrected chi connectivity index (χ4v) is 3.58. The molecule has 6 heteroatoms. The van der Waals surface area contributed by atoms with E-state index in [9.17, 15) is 9.59 Å². The molecule has 0 aliphatic carbocycles. The predicted molar refractivity (Wildman–Crippen MR) is 104 cm³/mol. The van der Waals surface area contributed by atoms with Gasteiger partial charge in [0.25, 0.3) is 0 Å². The molecule has 1 saturated heterocycles. The van der Waals surface area contributed by atoms with Crippen molar-refractivity contribution in [2.45, 2.75) is 65.5 Å². The third-order valence-electron chi connectivity index (χ3n) is 5.19. The molecule has 0 N–H and O–H groups in total. The first-order chi connectivity index (χ1) is 13.1. The van der Waals surface area contributed by atoms with Crippen LogP contribution >= 0.6 is 0 Å². The number of ether oxygens (including phenoxy) is 1. The fourth-order valence-electron chi connectivity index (χ4n) is 3.58. The van der Waals surface area contributed by atoms with Gasteiger partial charge in [0.05, 0.1) is 25.5 Å². The van der Waals surface area contributed by atoms with Crippen molar-refractivity contribution in [3.8, 4) is 0 Å². The summed E-state index contributed by atoms with van der Waals surface area (Å²) in [6, 6.07) is 3.69. The van der Waals surface area contributed by atoms with Crippen molar-refractivity contribution in [2.75, 3.05) is 26.2 Å². The predicted octanol–water partition coefficient (Wildman–Crippen LogP) is 3.46. The Bertz CT molecular complexity index is 563. The second-order valence-electron chi connectivity index (χ2n) is 7.26. The van der Waals surface area contributed by atoms with Crippen LogP contribution in [-0.2, 0) is 20.9 Å². The van der Waals surface area contributed by atoms with Crippen LogP contribution in [0.1, 0.15) is 58.6 Å². The number of hydrogen-bond acceptors (Lipinski definition) is 4. The molecular formula is C21H34N2O4. The summed E-state index contributed by atoms with van der Waals surface area (Å²) in [4.78, 5) is 29.4. The second-order valence-corrected chi connectivity index (χ2v) is 7.26. The maximum Gasteiger partial charge on any atom is 0.242 e. The van der Waals surface area contributed by atoms with Gasteiger partial charge in [-0.1, -0.05) is 20.8 Å². The molecule has 6 nitrogen and oxygen atoms in total. The van der Waals surface area contributed by atoms with Gasteiger partial charge in [0, 0.05) is 25.6 Å². The third-order valence-corrected chi connectivity index (χ3v) is 5.19. The van der Waals surface area contributed by atoms with Crippen molar-refractivity contribution in [2.24, 2.45) is 5.92 Å². The Labute approximate surface area is 162 Å². The van der Waals surface area contributed by atoms with E-state index in [4.69, 9.17) is 9.15 Å². The summed E-state index contributed by atoms with van der Waals surface area (Å²) in [5, 5.41) is 0. The SMILES string of the molecule is CCCN(CC(=O)N(Cc1ccco1)C[C@H]1CCCO1)C(=O)C(CC)CC. The number of hydrogen-bond donors (Lipinski definition) is 0. The number of nitrogens with zero attached hydrogens (tertiary/aromatic N) is 2. The molecule has 1 aromatic rings. The summed E-state index contributed by atoms with van der Waals surface area (Å²) in [6.07, 6.45) is 6.12. The molecule has 0 saturated carbocycles. The smallest absolute Gasteiger partial charge is 0.242 e. The average molecular weight is 379 g/mol. The first-order valence-electron chi connectivity index (χ1n) is 10.3. The molecule has 0 unspecified atom stereocenters. The van der Waals surface area contributed by atoms with Gasteiger partial charge in [-0.15, -0.1) is 0 Å². The Kier molecular flexibility index (Phi) is 8.85. The lowest BCUT2D eigenvalue weighted by Gasteiger charge is -2.30. The summed E-state index contributed by atoms with van der Waals surface area (Å²) in [5.74, 6) is 0.774. The number of carbonyl (C=O) groups is 2. The van der Waals surface area contributed by atoms with Crippen LogP contribution in [0.5, 0.6) is 0 Å². The first kappa shape index (κ1) is 21.5. The van der Waals surface area contributed by atoms with Gasteiger partial charge < -0.3 is 19.0 Å². The Hall–Kier alpha value is -1.82. The molecule has 2 rings (SSSR count). The Morgan fingerprint density at radius 1 is 1.22 bits per heavy atom. The molecule has 2 amide bonds. The number of rotatable bonds is 11. The first-order valence-corrected chi connectivity index (χ1v) is 10.3. The lowest BCUT2D eigenvalue weighted by atomic mass is 10.0. The van der Waals surface area contributed by atoms with E-state index >= 15 is 0 Å². The normalized spacial score (nSPS) is 16.7. The molecule has 1 aromatic heterocycles. The molecule has 1 aliphatic rings. The van der Waals surface area contributed by atoms with E-state index in [1.165, 1.54) is 0 Å². The summed E-state index contributed by atoms with van der Waals surface area (Å²) >= 11 is 0. The lowest BCUT2D eigenvalue weighted by Crippen LogP contribution is -2.46. The molecule has 152 valence electrons. The van der Waals surface area contributed by atoms with Crippen molar-refractivity contribution in [3.05, 3.63) is 24.2 Å². The van der Waals surface area contributed by atoms with E-state index in [1.807, 2.05) is 32.9 Å². The zero-order valence-electron chi connectivity index (χ0n) is 17.0. The second kappa shape index (κ2) is 11.1. The van der Waals surface area contributed by atoms with Gasteiger partial charge in [0.1, 0.15) is 5.76 Å². The molecule has 1 aliphatic heterocycles. The van der Waals surface area contributed by atoms with E-state index in [1.54, 1.807) is 16.1 Å². The quantitative estimate of drug-likeness (QED) is 0.591. The zero-order valence-corrected chi connectivity index (χ0v) is 17.0. The summed E-state index contributed by atoms with van der Waals surface area (Å²) in [5.41, 5.74) is 0. The molecule has 1 atom stereocenters. The van der Waals surface area contributed by atoms with E-state index in [-0.39, 0.29) is 30.4 Å². The Morgan fingerprint density at radius 2 is 2.00 bits per heavy atom. The Balaban J connectivity index is 2.07. The minimum Gasteiger partial charge on any atom is -0.467 e. The molecule has 0 spiro atoms. The van der Waals surface area contributed by atoms with Crippen LogP contribution in [0, 0.1) is 5.92 Å². The van der Waals surface area contributed by atoms with Crippen LogP contribution in [0.2, 0.25) is 0 Å². The van der Waals surface area contributed by atoms with Gasteiger partial charge in [0.15, 0.2) is 0 Å². The highest BCUT2D eigenvalue weighted by Gasteiger charge is 2.28. The standard InChI is InChI=1S/C21H34N2O4/c1-4-11-22(21(25)17(5-2)6-3)16-20(24)23(14-18-9-7-12-26-18)15-19-10-8-13-27-19/h7,9,12,17,19H,4-6,8,10-11,13-16H2,1-3H3/t19-/m1/s1. The molecule has 2 heterocycles. The third kappa shape index (κ3) is 6.38. The highest BCUT2D eigenvalue weighted by atomic mass is 16.5. The van der Waals surface area contributed by atoms with Crippen LogP contribution in [0.15, 0.2) is 22.8 Å². The van der Waals surface area contributed by atoms with Crippen molar-refractivity contribution in [1.29, 1.82) is 0 Å². The highest BCUT2D eigenvalue weighted by molar-refractivity contribution is 5.86. The van der Waals surface area contributed by atoms with Crippen molar-refractivity contribution in [1.82, 2.24) is 9.80 Å². The minimum atomic E-state index is -0.0466. The molecule has 1 fully saturated rings. The van der Waals surface area contributed by atoms with Crippen molar-refractivity contribution in [3.63, 3.8) is 0 Å². The Morgan fingerprint density at radius 3 is 2.56 bits per heavy atom. The molecule has 0 bridgehead atoms. The average Bonchev–Trinajstić information content (AvgIpc) is 3.35. The maximum absolute atomic E-state index is 13.1. The number of amides is 2.